The van der Waals surface area contributed by atoms with E-state index in [0.29, 0.717) is 0 Å². The molecule has 0 aliphatic heterocycles. The summed E-state index contributed by atoms with van der Waals surface area (Å²) < 4.78 is 53.1. The molecule has 1 aliphatic rings. The van der Waals surface area contributed by atoms with Gasteiger partial charge < -0.3 is 15.7 Å². The van der Waals surface area contributed by atoms with Gasteiger partial charge in [-0.15, -0.1) is 0 Å². The minimum absolute atomic E-state index is 0.0324. The van der Waals surface area contributed by atoms with Gasteiger partial charge in [-0.05, 0) is 39.0 Å². The zero-order chi connectivity index (χ0) is 20.6. The second-order valence-electron chi connectivity index (χ2n) is 7.90. The second kappa shape index (κ2) is 7.57. The van der Waals surface area contributed by atoms with Gasteiger partial charge in [0.25, 0.3) is 0 Å². The number of halogens is 4. The van der Waals surface area contributed by atoms with Crippen LogP contribution in [0.15, 0.2) is 5.83 Å². The van der Waals surface area contributed by atoms with Gasteiger partial charge in [0.2, 0.25) is 11.9 Å². The van der Waals surface area contributed by atoms with Crippen molar-refractivity contribution in [3.63, 3.8) is 0 Å². The number of hydrogen-bond donors (Lipinski definition) is 3. The molecule has 0 amide bonds. The molecule has 1 unspecified atom stereocenters. The standard InChI is InChI=1S/C17H25F4N5O/c1-8(2)22-14-24-13(10-6-16(4,5)7-11(27)12(10)18)25-15(26-14)23-9(3)17(19,20)21/h8-9,11,27H,6-7H2,1-5H3,(H2,22,23,24,25,26)/t9-,11?/m1/s1. The Hall–Kier alpha value is -1.97. The second-order valence-corrected chi connectivity index (χ2v) is 7.90. The van der Waals surface area contributed by atoms with Crippen LogP contribution in [0.3, 0.4) is 0 Å². The van der Waals surface area contributed by atoms with E-state index in [1.807, 2.05) is 27.7 Å². The average molecular weight is 391 g/mol. The maximum Gasteiger partial charge on any atom is 0.408 e. The van der Waals surface area contributed by atoms with Gasteiger partial charge in [0.05, 0.1) is 0 Å². The maximum atomic E-state index is 14.6. The number of aliphatic hydroxyl groups excluding tert-OH is 1. The van der Waals surface area contributed by atoms with Crippen LogP contribution < -0.4 is 10.6 Å². The minimum Gasteiger partial charge on any atom is -0.386 e. The predicted octanol–water partition coefficient (Wildman–Crippen LogP) is 3.92. The predicted molar refractivity (Wildman–Crippen MR) is 94.8 cm³/mol. The highest BCUT2D eigenvalue weighted by molar-refractivity contribution is 5.66. The first-order valence-electron chi connectivity index (χ1n) is 8.71. The molecular weight excluding hydrogens is 366 g/mol. The monoisotopic (exact) mass is 391 g/mol. The highest BCUT2D eigenvalue weighted by atomic mass is 19.4. The molecule has 0 saturated carbocycles. The van der Waals surface area contributed by atoms with Crippen molar-refractivity contribution in [2.45, 2.75) is 71.8 Å². The SMILES string of the molecule is CC(C)Nc1nc(N[C@H](C)C(F)(F)F)nc(C2=C(F)C(O)CC(C)(C)C2)n1. The normalized spacial score (nSPS) is 21.4. The van der Waals surface area contributed by atoms with Crippen LogP contribution in [0.5, 0.6) is 0 Å². The topological polar surface area (TPSA) is 83.0 Å². The van der Waals surface area contributed by atoms with Gasteiger partial charge in [-0.3, -0.25) is 0 Å². The highest BCUT2D eigenvalue weighted by Crippen LogP contribution is 2.42. The third-order valence-electron chi connectivity index (χ3n) is 4.14. The summed E-state index contributed by atoms with van der Waals surface area (Å²) in [6.45, 7) is 8.28. The van der Waals surface area contributed by atoms with Crippen molar-refractivity contribution in [1.29, 1.82) is 0 Å². The number of aliphatic hydroxyl groups is 1. The molecule has 0 fully saturated rings. The van der Waals surface area contributed by atoms with E-state index in [2.05, 4.69) is 25.6 Å². The summed E-state index contributed by atoms with van der Waals surface area (Å²) in [5, 5.41) is 15.1. The zero-order valence-electron chi connectivity index (χ0n) is 15.9. The van der Waals surface area contributed by atoms with E-state index in [1.54, 1.807) is 0 Å². The van der Waals surface area contributed by atoms with E-state index in [1.165, 1.54) is 0 Å². The fourth-order valence-electron chi connectivity index (χ4n) is 2.81. The minimum atomic E-state index is -4.49. The molecule has 1 aromatic heterocycles. The third kappa shape index (κ3) is 5.50. The Labute approximate surface area is 155 Å². The molecule has 6 nitrogen and oxygen atoms in total. The molecule has 1 heterocycles. The van der Waals surface area contributed by atoms with Crippen molar-refractivity contribution in [1.82, 2.24) is 15.0 Å². The Bertz CT molecular complexity index is 718. The van der Waals surface area contributed by atoms with Gasteiger partial charge in [0.15, 0.2) is 5.82 Å². The van der Waals surface area contributed by atoms with Crippen molar-refractivity contribution in [2.75, 3.05) is 10.6 Å². The lowest BCUT2D eigenvalue weighted by Gasteiger charge is -2.33. The average Bonchev–Trinajstić information content (AvgIpc) is 2.48. The largest absolute Gasteiger partial charge is 0.408 e. The first kappa shape index (κ1) is 21.3. The summed E-state index contributed by atoms with van der Waals surface area (Å²) in [6, 6.07) is -1.99. The molecule has 1 aliphatic carbocycles. The quantitative estimate of drug-likeness (QED) is 0.660. The van der Waals surface area contributed by atoms with E-state index in [0.717, 1.165) is 6.92 Å². The lowest BCUT2D eigenvalue weighted by molar-refractivity contribution is -0.138. The van der Waals surface area contributed by atoms with Crippen LogP contribution in [-0.4, -0.2) is 44.4 Å². The highest BCUT2D eigenvalue weighted by Gasteiger charge is 2.38. The molecule has 1 aromatic rings. The van der Waals surface area contributed by atoms with Gasteiger partial charge in [-0.1, -0.05) is 13.8 Å². The molecule has 0 bridgehead atoms. The van der Waals surface area contributed by atoms with E-state index >= 15 is 0 Å². The summed E-state index contributed by atoms with van der Waals surface area (Å²) in [4.78, 5) is 12.1. The lowest BCUT2D eigenvalue weighted by Crippen LogP contribution is -2.34. The van der Waals surface area contributed by atoms with Gasteiger partial charge >= 0.3 is 6.18 Å². The van der Waals surface area contributed by atoms with Crippen molar-refractivity contribution in [3.8, 4) is 0 Å². The van der Waals surface area contributed by atoms with Crippen molar-refractivity contribution >= 4 is 17.5 Å². The van der Waals surface area contributed by atoms with Crippen LogP contribution in [0.1, 0.15) is 53.3 Å². The van der Waals surface area contributed by atoms with E-state index in [4.69, 9.17) is 0 Å². The Balaban J connectivity index is 2.49. The molecule has 2 atom stereocenters. The van der Waals surface area contributed by atoms with Crippen LogP contribution in [0.4, 0.5) is 29.5 Å². The Morgan fingerprint density at radius 2 is 1.63 bits per heavy atom. The zero-order valence-corrected chi connectivity index (χ0v) is 15.9. The van der Waals surface area contributed by atoms with Gasteiger partial charge in [-0.2, -0.15) is 28.1 Å². The smallest absolute Gasteiger partial charge is 0.386 e. The Morgan fingerprint density at radius 1 is 1.07 bits per heavy atom. The number of nitrogens with one attached hydrogen (secondary N) is 2. The van der Waals surface area contributed by atoms with Crippen LogP contribution in [0, 0.1) is 5.41 Å². The van der Waals surface area contributed by atoms with Crippen molar-refractivity contribution in [3.05, 3.63) is 11.7 Å². The molecule has 2 rings (SSSR count). The van der Waals surface area contributed by atoms with Gasteiger partial charge in [-0.25, -0.2) is 4.39 Å². The Kier molecular flexibility index (Phi) is 5.98. The van der Waals surface area contributed by atoms with Crippen LogP contribution in [-0.2, 0) is 0 Å². The number of alkyl halides is 3. The summed E-state index contributed by atoms with van der Waals surface area (Å²) in [5.74, 6) is -1.13. The summed E-state index contributed by atoms with van der Waals surface area (Å²) in [7, 11) is 0. The number of nitrogens with zero attached hydrogens (tertiary/aromatic N) is 3. The van der Waals surface area contributed by atoms with Gasteiger partial charge in [0, 0.05) is 11.6 Å². The van der Waals surface area contributed by atoms with Crippen LogP contribution in [0.25, 0.3) is 5.57 Å². The third-order valence-corrected chi connectivity index (χ3v) is 4.14. The number of aromatic nitrogens is 3. The molecule has 10 heteroatoms. The van der Waals surface area contributed by atoms with E-state index in [9.17, 15) is 22.7 Å². The fourth-order valence-corrected chi connectivity index (χ4v) is 2.81. The molecule has 0 radical (unpaired) electrons. The number of allylic oxidation sites excluding steroid dienone is 1. The van der Waals surface area contributed by atoms with Crippen LogP contribution in [0.2, 0.25) is 0 Å². The van der Waals surface area contributed by atoms with Gasteiger partial charge in [0.1, 0.15) is 18.0 Å². The van der Waals surface area contributed by atoms with Crippen LogP contribution >= 0.6 is 0 Å². The first-order valence-corrected chi connectivity index (χ1v) is 8.71. The number of anilines is 2. The molecule has 0 spiro atoms. The summed E-state index contributed by atoms with van der Waals surface area (Å²) >= 11 is 0. The van der Waals surface area contributed by atoms with Crippen molar-refractivity contribution in [2.24, 2.45) is 5.41 Å². The van der Waals surface area contributed by atoms with Crippen molar-refractivity contribution < 1.29 is 22.7 Å². The fraction of sp³-hybridized carbons (Fsp3) is 0.706. The molecule has 0 aromatic carbocycles. The number of rotatable bonds is 5. The van der Waals surface area contributed by atoms with E-state index < -0.39 is 29.6 Å². The molecule has 3 N–H and O–H groups in total. The van der Waals surface area contributed by atoms with E-state index in [-0.39, 0.29) is 42.2 Å². The molecule has 27 heavy (non-hydrogen) atoms. The molecular formula is C17H25F4N5O. The maximum absolute atomic E-state index is 14.6. The Morgan fingerprint density at radius 3 is 2.15 bits per heavy atom. The summed E-state index contributed by atoms with van der Waals surface area (Å²) in [5.41, 5.74) is -0.328. The molecule has 152 valence electrons. The lowest BCUT2D eigenvalue weighted by atomic mass is 9.75. The molecule has 0 saturated heterocycles. The first-order chi connectivity index (χ1) is 12.3. The number of hydrogen-bond acceptors (Lipinski definition) is 6. The summed E-state index contributed by atoms with van der Waals surface area (Å²) in [6.07, 6.45) is -5.31.